The van der Waals surface area contributed by atoms with E-state index in [4.69, 9.17) is 4.79 Å². The summed E-state index contributed by atoms with van der Waals surface area (Å²) >= 11 is 0. The predicted molar refractivity (Wildman–Crippen MR) is 107 cm³/mol. The molecule has 2 N–H and O–H groups in total. The zero-order valence-corrected chi connectivity index (χ0v) is 16.7. The standard InChI is InChI=1S/C19H28N2O2.C2H5NO/c1-15-8-9-17(19-7-3-4-10-20-19)12-18(15)13-21(14-23)16(2)6-5-11-22;1-3-2-4/h8-9,11-12,14,16,19-20H,3-7,10,13H2,1-2H3;2H,1H3,(H,3,4). The molecule has 1 aromatic carbocycles. The van der Waals surface area contributed by atoms with Crippen molar-refractivity contribution < 1.29 is 14.4 Å². The minimum Gasteiger partial charge on any atom is -0.362 e. The maximum Gasteiger partial charge on any atom is 0.210 e. The number of carbonyl (C=O) groups excluding carboxylic acids is 3. The summed E-state index contributed by atoms with van der Waals surface area (Å²) in [7, 11) is 1.56. The van der Waals surface area contributed by atoms with Crippen LogP contribution in [0.15, 0.2) is 18.2 Å². The average Bonchev–Trinajstić information content (AvgIpc) is 2.72. The van der Waals surface area contributed by atoms with Crippen molar-refractivity contribution in [1.29, 1.82) is 0 Å². The van der Waals surface area contributed by atoms with Crippen molar-refractivity contribution in [1.82, 2.24) is 15.5 Å². The third-order valence-corrected chi connectivity index (χ3v) is 4.96. The predicted octanol–water partition coefficient (Wildman–Crippen LogP) is 2.50. The summed E-state index contributed by atoms with van der Waals surface area (Å²) in [5.74, 6) is 0. The van der Waals surface area contributed by atoms with Crippen LogP contribution in [0.4, 0.5) is 0 Å². The van der Waals surface area contributed by atoms with Crippen LogP contribution in [0.2, 0.25) is 0 Å². The fourth-order valence-electron chi connectivity index (χ4n) is 3.18. The minimum absolute atomic E-state index is 0.0774. The van der Waals surface area contributed by atoms with Crippen LogP contribution in [-0.2, 0) is 20.9 Å². The molecular weight excluding hydrogens is 342 g/mol. The maximum absolute atomic E-state index is 11.4. The zero-order chi connectivity index (χ0) is 20.1. The number of piperidine rings is 1. The Bertz CT molecular complexity index is 586. The molecule has 1 heterocycles. The third kappa shape index (κ3) is 7.91. The number of benzene rings is 1. The second kappa shape index (κ2) is 13.0. The van der Waals surface area contributed by atoms with Gasteiger partial charge in [0.2, 0.25) is 12.8 Å². The van der Waals surface area contributed by atoms with E-state index < -0.39 is 0 Å². The van der Waals surface area contributed by atoms with Crippen molar-refractivity contribution in [2.75, 3.05) is 13.6 Å². The Morgan fingerprint density at radius 3 is 2.59 bits per heavy atom. The number of hydrogen-bond donors (Lipinski definition) is 2. The molecule has 1 fully saturated rings. The van der Waals surface area contributed by atoms with Crippen molar-refractivity contribution in [3.8, 4) is 0 Å². The lowest BCUT2D eigenvalue weighted by Crippen LogP contribution is -2.32. The van der Waals surface area contributed by atoms with Gasteiger partial charge >= 0.3 is 0 Å². The molecule has 0 saturated carbocycles. The number of amides is 2. The van der Waals surface area contributed by atoms with Gasteiger partial charge in [-0.2, -0.15) is 0 Å². The Hall–Kier alpha value is -2.21. The maximum atomic E-state index is 11.4. The molecule has 0 spiro atoms. The van der Waals surface area contributed by atoms with E-state index in [0.29, 0.717) is 31.8 Å². The first kappa shape index (κ1) is 22.8. The van der Waals surface area contributed by atoms with Gasteiger partial charge in [0.25, 0.3) is 0 Å². The molecule has 2 amide bonds. The average molecular weight is 376 g/mol. The summed E-state index contributed by atoms with van der Waals surface area (Å²) < 4.78 is 0. The summed E-state index contributed by atoms with van der Waals surface area (Å²) in [6.45, 7) is 5.78. The number of hydrogen-bond acceptors (Lipinski definition) is 4. The molecule has 0 bridgehead atoms. The van der Waals surface area contributed by atoms with Gasteiger partial charge in [0.05, 0.1) is 0 Å². The molecular formula is C21H33N3O3. The number of rotatable bonds is 9. The molecule has 6 heteroatoms. The van der Waals surface area contributed by atoms with Crippen LogP contribution < -0.4 is 10.6 Å². The Balaban J connectivity index is 0.000000828. The fourth-order valence-corrected chi connectivity index (χ4v) is 3.18. The number of aldehydes is 1. The molecule has 2 rings (SSSR count). The molecule has 150 valence electrons. The van der Waals surface area contributed by atoms with Gasteiger partial charge < -0.3 is 20.3 Å². The van der Waals surface area contributed by atoms with Crippen molar-refractivity contribution in [2.24, 2.45) is 0 Å². The highest BCUT2D eigenvalue weighted by Crippen LogP contribution is 2.25. The molecule has 0 aliphatic carbocycles. The quantitative estimate of drug-likeness (QED) is 0.650. The minimum atomic E-state index is 0.0774. The van der Waals surface area contributed by atoms with Crippen LogP contribution in [-0.4, -0.2) is 43.6 Å². The highest BCUT2D eigenvalue weighted by atomic mass is 16.1. The summed E-state index contributed by atoms with van der Waals surface area (Å²) in [6, 6.07) is 7.10. The lowest BCUT2D eigenvalue weighted by Gasteiger charge is -2.27. The normalized spacial score (nSPS) is 17.1. The number of nitrogens with zero attached hydrogens (tertiary/aromatic N) is 1. The smallest absolute Gasteiger partial charge is 0.210 e. The first-order valence-electron chi connectivity index (χ1n) is 9.65. The van der Waals surface area contributed by atoms with Crippen molar-refractivity contribution in [2.45, 2.75) is 64.6 Å². The van der Waals surface area contributed by atoms with E-state index in [-0.39, 0.29) is 6.04 Å². The highest BCUT2D eigenvalue weighted by molar-refractivity contribution is 5.51. The summed E-state index contributed by atoms with van der Waals surface area (Å²) in [4.78, 5) is 32.8. The van der Waals surface area contributed by atoms with E-state index in [1.807, 2.05) is 6.92 Å². The van der Waals surface area contributed by atoms with Gasteiger partial charge in [-0.25, -0.2) is 0 Å². The van der Waals surface area contributed by atoms with Gasteiger partial charge in [-0.1, -0.05) is 24.6 Å². The number of nitrogens with one attached hydrogen (secondary N) is 2. The molecule has 1 aromatic rings. The lowest BCUT2D eigenvalue weighted by molar-refractivity contribution is -0.121. The van der Waals surface area contributed by atoms with Crippen LogP contribution in [0, 0.1) is 6.92 Å². The van der Waals surface area contributed by atoms with E-state index in [9.17, 15) is 9.59 Å². The van der Waals surface area contributed by atoms with E-state index in [1.165, 1.54) is 36.0 Å². The van der Waals surface area contributed by atoms with Gasteiger partial charge in [-0.3, -0.25) is 9.59 Å². The van der Waals surface area contributed by atoms with Gasteiger partial charge in [-0.05, 0) is 56.3 Å². The Labute approximate surface area is 162 Å². The fraction of sp³-hybridized carbons (Fsp3) is 0.571. The topological polar surface area (TPSA) is 78.5 Å². The zero-order valence-electron chi connectivity index (χ0n) is 16.7. The summed E-state index contributed by atoms with van der Waals surface area (Å²) in [5.41, 5.74) is 3.72. The highest BCUT2D eigenvalue weighted by Gasteiger charge is 2.17. The van der Waals surface area contributed by atoms with E-state index in [2.05, 4.69) is 35.8 Å². The Morgan fingerprint density at radius 2 is 2.04 bits per heavy atom. The molecule has 2 atom stereocenters. The Kier molecular flexibility index (Phi) is 11.0. The van der Waals surface area contributed by atoms with Crippen LogP contribution in [0.25, 0.3) is 0 Å². The Morgan fingerprint density at radius 1 is 1.30 bits per heavy atom. The van der Waals surface area contributed by atoms with Gasteiger partial charge in [-0.15, -0.1) is 0 Å². The van der Waals surface area contributed by atoms with Gasteiger partial charge in [0, 0.05) is 32.1 Å². The van der Waals surface area contributed by atoms with E-state index in [0.717, 1.165) is 19.2 Å². The van der Waals surface area contributed by atoms with Gasteiger partial charge in [0.15, 0.2) is 0 Å². The molecule has 6 nitrogen and oxygen atoms in total. The summed E-state index contributed by atoms with van der Waals surface area (Å²) in [5, 5.41) is 5.83. The summed E-state index contributed by atoms with van der Waals surface area (Å²) in [6.07, 6.45) is 7.35. The van der Waals surface area contributed by atoms with Crippen LogP contribution in [0.5, 0.6) is 0 Å². The van der Waals surface area contributed by atoms with Crippen LogP contribution in [0.1, 0.15) is 61.8 Å². The molecule has 2 unspecified atom stereocenters. The lowest BCUT2D eigenvalue weighted by atomic mass is 9.94. The molecule has 27 heavy (non-hydrogen) atoms. The second-order valence-corrected chi connectivity index (χ2v) is 6.97. The SMILES string of the molecule is CNC=O.Cc1ccc(C2CCCCN2)cc1CN(C=O)C(C)CCC=O. The molecule has 1 aliphatic heterocycles. The largest absolute Gasteiger partial charge is 0.362 e. The molecule has 1 saturated heterocycles. The van der Waals surface area contributed by atoms with Crippen molar-refractivity contribution in [3.05, 3.63) is 34.9 Å². The first-order chi connectivity index (χ1) is 13.1. The number of aryl methyl sites for hydroxylation is 1. The second-order valence-electron chi connectivity index (χ2n) is 6.97. The van der Waals surface area contributed by atoms with E-state index in [1.54, 1.807) is 11.9 Å². The number of carbonyl (C=O) groups is 3. The van der Waals surface area contributed by atoms with Gasteiger partial charge in [0.1, 0.15) is 6.29 Å². The molecule has 0 radical (unpaired) electrons. The van der Waals surface area contributed by atoms with Crippen molar-refractivity contribution in [3.63, 3.8) is 0 Å². The molecule has 1 aliphatic rings. The first-order valence-corrected chi connectivity index (χ1v) is 9.65. The monoisotopic (exact) mass is 375 g/mol. The van der Waals surface area contributed by atoms with Crippen LogP contribution >= 0.6 is 0 Å². The van der Waals surface area contributed by atoms with Crippen LogP contribution in [0.3, 0.4) is 0 Å². The van der Waals surface area contributed by atoms with E-state index >= 15 is 0 Å². The van der Waals surface area contributed by atoms with Crippen molar-refractivity contribution >= 4 is 19.1 Å². The third-order valence-electron chi connectivity index (χ3n) is 4.96. The molecule has 0 aromatic heterocycles.